The third-order valence-electron chi connectivity index (χ3n) is 3.03. The van der Waals surface area contributed by atoms with Gasteiger partial charge in [-0.15, -0.1) is 0 Å². The molecule has 6 heteroatoms. The van der Waals surface area contributed by atoms with Crippen LogP contribution < -0.4 is 20.8 Å². The molecular formula is C14H12N2O3S. The summed E-state index contributed by atoms with van der Waals surface area (Å²) in [4.78, 5) is 14.7. The summed E-state index contributed by atoms with van der Waals surface area (Å²) in [7, 11) is 0. The first-order chi connectivity index (χ1) is 9.65. The van der Waals surface area contributed by atoms with E-state index < -0.39 is 0 Å². The fourth-order valence-electron chi connectivity index (χ4n) is 2.05. The molecule has 0 saturated carbocycles. The van der Waals surface area contributed by atoms with Crippen LogP contribution >= 0.6 is 12.2 Å². The van der Waals surface area contributed by atoms with E-state index in [4.69, 9.17) is 27.4 Å². The number of benzene rings is 1. The number of fused-ring (bicyclic) bond motifs is 1. The number of nitrogens with two attached hydrogens (primary N) is 1. The normalized spacial score (nSPS) is 13.0. The topological polar surface area (TPSA) is 77.3 Å². The maximum atomic E-state index is 11.9. The van der Waals surface area contributed by atoms with Gasteiger partial charge in [0.15, 0.2) is 11.5 Å². The Morgan fingerprint density at radius 3 is 2.60 bits per heavy atom. The molecule has 2 aromatic rings. The highest BCUT2D eigenvalue weighted by molar-refractivity contribution is 7.80. The number of aromatic amines is 1. The molecule has 0 atom stereocenters. The van der Waals surface area contributed by atoms with Gasteiger partial charge in [-0.1, -0.05) is 12.2 Å². The van der Waals surface area contributed by atoms with Gasteiger partial charge in [-0.25, -0.2) is 0 Å². The Hall–Kier alpha value is -2.34. The summed E-state index contributed by atoms with van der Waals surface area (Å²) in [5, 5.41) is 0. The Kier molecular flexibility index (Phi) is 3.15. The number of H-pyrrole nitrogens is 1. The summed E-state index contributed by atoms with van der Waals surface area (Å²) >= 11 is 4.81. The molecule has 0 aliphatic carbocycles. The minimum absolute atomic E-state index is 0.0833. The van der Waals surface area contributed by atoms with Gasteiger partial charge < -0.3 is 20.2 Å². The molecule has 3 N–H and O–H groups in total. The smallest absolute Gasteiger partial charge is 0.258 e. The van der Waals surface area contributed by atoms with Crippen molar-refractivity contribution in [2.24, 2.45) is 5.73 Å². The summed E-state index contributed by atoms with van der Waals surface area (Å²) < 4.78 is 11.0. The average Bonchev–Trinajstić information content (AvgIpc) is 2.46. The van der Waals surface area contributed by atoms with Crippen LogP contribution in [0.3, 0.4) is 0 Å². The predicted octanol–water partition coefficient (Wildman–Crippen LogP) is 1.45. The van der Waals surface area contributed by atoms with Crippen molar-refractivity contribution in [3.8, 4) is 22.8 Å². The number of rotatable bonds is 2. The Bertz CT molecular complexity index is 739. The maximum absolute atomic E-state index is 11.9. The zero-order valence-corrected chi connectivity index (χ0v) is 11.3. The van der Waals surface area contributed by atoms with Crippen LogP contribution in [0.25, 0.3) is 11.3 Å². The van der Waals surface area contributed by atoms with E-state index in [-0.39, 0.29) is 10.5 Å². The fraction of sp³-hybridized carbons (Fsp3) is 0.143. The Morgan fingerprint density at radius 1 is 1.15 bits per heavy atom. The van der Waals surface area contributed by atoms with Crippen molar-refractivity contribution in [2.75, 3.05) is 13.2 Å². The maximum Gasteiger partial charge on any atom is 0.258 e. The van der Waals surface area contributed by atoms with Gasteiger partial charge in [0.2, 0.25) is 0 Å². The highest BCUT2D eigenvalue weighted by atomic mass is 32.1. The van der Waals surface area contributed by atoms with Crippen LogP contribution in [0.5, 0.6) is 11.5 Å². The van der Waals surface area contributed by atoms with Crippen molar-refractivity contribution < 1.29 is 9.47 Å². The van der Waals surface area contributed by atoms with Gasteiger partial charge in [0.25, 0.3) is 5.56 Å². The van der Waals surface area contributed by atoms with E-state index in [1.807, 2.05) is 18.2 Å². The van der Waals surface area contributed by atoms with Crippen molar-refractivity contribution in [1.82, 2.24) is 4.98 Å². The lowest BCUT2D eigenvalue weighted by molar-refractivity contribution is 0.171. The van der Waals surface area contributed by atoms with Crippen LogP contribution in [0.4, 0.5) is 0 Å². The lowest BCUT2D eigenvalue weighted by Gasteiger charge is -2.18. The van der Waals surface area contributed by atoms with Gasteiger partial charge in [-0.05, 0) is 30.3 Å². The molecule has 0 fully saturated rings. The molecule has 3 rings (SSSR count). The number of hydrogen-bond acceptors (Lipinski definition) is 4. The summed E-state index contributed by atoms with van der Waals surface area (Å²) in [5.41, 5.74) is 6.98. The molecule has 0 radical (unpaired) electrons. The second-order valence-corrected chi connectivity index (χ2v) is 4.78. The van der Waals surface area contributed by atoms with Crippen LogP contribution in [-0.2, 0) is 0 Å². The molecule has 0 spiro atoms. The van der Waals surface area contributed by atoms with Crippen LogP contribution in [0.2, 0.25) is 0 Å². The third-order valence-corrected chi connectivity index (χ3v) is 3.25. The molecule has 5 nitrogen and oxygen atoms in total. The monoisotopic (exact) mass is 288 g/mol. The Balaban J connectivity index is 2.03. The number of hydrogen-bond donors (Lipinski definition) is 2. The van der Waals surface area contributed by atoms with Crippen molar-refractivity contribution in [1.29, 1.82) is 0 Å². The molecule has 2 heterocycles. The molecule has 0 bridgehead atoms. The van der Waals surface area contributed by atoms with Crippen LogP contribution in [0.1, 0.15) is 5.56 Å². The van der Waals surface area contributed by atoms with Crippen LogP contribution in [0, 0.1) is 0 Å². The third kappa shape index (κ3) is 2.25. The Morgan fingerprint density at radius 2 is 1.90 bits per heavy atom. The molecule has 20 heavy (non-hydrogen) atoms. The first kappa shape index (κ1) is 12.7. The highest BCUT2D eigenvalue weighted by Gasteiger charge is 2.13. The minimum Gasteiger partial charge on any atom is -0.486 e. The number of thiocarbonyl (C=S) groups is 1. The minimum atomic E-state index is -0.301. The quantitative estimate of drug-likeness (QED) is 0.818. The highest BCUT2D eigenvalue weighted by Crippen LogP contribution is 2.33. The molecule has 0 amide bonds. The molecular weight excluding hydrogens is 276 g/mol. The van der Waals surface area contributed by atoms with E-state index in [0.717, 1.165) is 5.56 Å². The summed E-state index contributed by atoms with van der Waals surface area (Å²) in [6.45, 7) is 1.07. The molecule has 0 saturated heterocycles. The van der Waals surface area contributed by atoms with Gasteiger partial charge in [0.05, 0.1) is 5.56 Å². The SMILES string of the molecule is NC(=S)c1ccc(-c2ccc3c(c2)OCCO3)[nH]c1=O. The van der Waals surface area contributed by atoms with Crippen molar-refractivity contribution in [3.63, 3.8) is 0 Å². The van der Waals surface area contributed by atoms with Gasteiger partial charge >= 0.3 is 0 Å². The molecule has 1 aliphatic heterocycles. The van der Waals surface area contributed by atoms with E-state index in [9.17, 15) is 4.79 Å². The summed E-state index contributed by atoms with van der Waals surface area (Å²) in [6, 6.07) is 8.90. The number of nitrogens with one attached hydrogen (secondary N) is 1. The van der Waals surface area contributed by atoms with E-state index >= 15 is 0 Å². The van der Waals surface area contributed by atoms with E-state index in [1.165, 1.54) is 0 Å². The summed E-state index contributed by atoms with van der Waals surface area (Å²) in [6.07, 6.45) is 0. The van der Waals surface area contributed by atoms with Crippen molar-refractivity contribution in [2.45, 2.75) is 0 Å². The molecule has 1 aromatic carbocycles. The van der Waals surface area contributed by atoms with E-state index in [0.29, 0.717) is 36.0 Å². The zero-order valence-electron chi connectivity index (χ0n) is 10.5. The molecule has 1 aromatic heterocycles. The lowest BCUT2D eigenvalue weighted by atomic mass is 10.1. The second kappa shape index (κ2) is 4.97. The molecule has 1 aliphatic rings. The van der Waals surface area contributed by atoms with Crippen LogP contribution in [0.15, 0.2) is 35.1 Å². The Labute approximate surface area is 120 Å². The van der Waals surface area contributed by atoms with Gasteiger partial charge in [0, 0.05) is 11.3 Å². The average molecular weight is 288 g/mol. The van der Waals surface area contributed by atoms with E-state index in [2.05, 4.69) is 4.98 Å². The fourth-order valence-corrected chi connectivity index (χ4v) is 2.21. The lowest BCUT2D eigenvalue weighted by Crippen LogP contribution is -2.22. The summed E-state index contributed by atoms with van der Waals surface area (Å²) in [5.74, 6) is 1.38. The van der Waals surface area contributed by atoms with E-state index in [1.54, 1.807) is 12.1 Å². The van der Waals surface area contributed by atoms with Crippen molar-refractivity contribution >= 4 is 17.2 Å². The molecule has 102 valence electrons. The van der Waals surface area contributed by atoms with Crippen LogP contribution in [-0.4, -0.2) is 23.2 Å². The largest absolute Gasteiger partial charge is 0.486 e. The molecule has 0 unspecified atom stereocenters. The van der Waals surface area contributed by atoms with Gasteiger partial charge in [-0.2, -0.15) is 0 Å². The first-order valence-corrected chi connectivity index (χ1v) is 6.49. The number of pyridine rings is 1. The number of aromatic nitrogens is 1. The predicted molar refractivity (Wildman–Crippen MR) is 79.4 cm³/mol. The zero-order chi connectivity index (χ0) is 14.1. The second-order valence-electron chi connectivity index (χ2n) is 4.34. The van der Waals surface area contributed by atoms with Gasteiger partial charge in [0.1, 0.15) is 18.2 Å². The first-order valence-electron chi connectivity index (χ1n) is 6.08. The van der Waals surface area contributed by atoms with Gasteiger partial charge in [-0.3, -0.25) is 4.79 Å². The standard InChI is InChI=1S/C14H12N2O3S/c15-13(20)9-2-3-10(16-14(9)17)8-1-4-11-12(7-8)19-6-5-18-11/h1-4,7H,5-6H2,(H2,15,20)(H,16,17). The number of ether oxygens (including phenoxy) is 2. The van der Waals surface area contributed by atoms with Crippen molar-refractivity contribution in [3.05, 3.63) is 46.2 Å².